The predicted octanol–water partition coefficient (Wildman–Crippen LogP) is 10.9. The molecule has 0 saturated carbocycles. The van der Waals surface area contributed by atoms with Crippen LogP contribution in [0.4, 0.5) is 0 Å². The van der Waals surface area contributed by atoms with Crippen molar-refractivity contribution in [1.29, 1.82) is 0 Å². The topological polar surface area (TPSA) is 26.3 Å². The number of carbonyl (C=O) groups is 1. The lowest BCUT2D eigenvalue weighted by molar-refractivity contribution is -0.144. The molecule has 0 amide bonds. The average molecular weight is 481 g/mol. The summed E-state index contributed by atoms with van der Waals surface area (Å²) in [6.07, 6.45) is 25.5. The summed E-state index contributed by atoms with van der Waals surface area (Å²) in [5.74, 6) is 3.20. The van der Waals surface area contributed by atoms with Crippen molar-refractivity contribution in [2.45, 2.75) is 170 Å². The van der Waals surface area contributed by atoms with Crippen molar-refractivity contribution in [2.75, 3.05) is 6.61 Å². The zero-order valence-electron chi connectivity index (χ0n) is 24.5. The van der Waals surface area contributed by atoms with E-state index in [1.807, 2.05) is 0 Å². The van der Waals surface area contributed by atoms with Crippen LogP contribution in [0.1, 0.15) is 170 Å². The van der Waals surface area contributed by atoms with Crippen LogP contribution in [0.25, 0.3) is 0 Å². The first kappa shape index (κ1) is 33.5. The van der Waals surface area contributed by atoms with Crippen LogP contribution in [0.3, 0.4) is 0 Å². The summed E-state index contributed by atoms with van der Waals surface area (Å²) in [5, 5.41) is 0. The average Bonchev–Trinajstić information content (AvgIpc) is 2.77. The Morgan fingerprint density at radius 2 is 0.824 bits per heavy atom. The van der Waals surface area contributed by atoms with Crippen LogP contribution in [0.2, 0.25) is 0 Å². The van der Waals surface area contributed by atoms with Gasteiger partial charge in [-0.1, -0.05) is 151 Å². The molecule has 0 aliphatic carbocycles. The zero-order valence-corrected chi connectivity index (χ0v) is 24.5. The lowest BCUT2D eigenvalue weighted by atomic mass is 9.90. The minimum absolute atomic E-state index is 0.0371. The molecular weight excluding hydrogens is 416 g/mol. The van der Waals surface area contributed by atoms with Gasteiger partial charge in [-0.05, 0) is 36.5 Å². The van der Waals surface area contributed by atoms with Gasteiger partial charge >= 0.3 is 5.97 Å². The summed E-state index contributed by atoms with van der Waals surface area (Å²) in [4.78, 5) is 12.3. The first-order valence-corrected chi connectivity index (χ1v) is 15.5. The standard InChI is InChI=1S/C32H64O2/c1-28(2)20-14-10-8-7-9-11-17-23-31(24-18-12-15-21-29(3)4)25-26-32(33)34-27-19-13-16-22-30(5)6/h28-31H,7-27H2,1-6H3. The third-order valence-electron chi connectivity index (χ3n) is 7.23. The van der Waals surface area contributed by atoms with Gasteiger partial charge in [0, 0.05) is 6.42 Å². The highest BCUT2D eigenvalue weighted by molar-refractivity contribution is 5.69. The summed E-state index contributed by atoms with van der Waals surface area (Å²) in [5.41, 5.74) is 0. The van der Waals surface area contributed by atoms with Crippen molar-refractivity contribution in [3.05, 3.63) is 0 Å². The molecule has 0 aliphatic rings. The minimum atomic E-state index is 0.0371. The van der Waals surface area contributed by atoms with Gasteiger partial charge < -0.3 is 4.74 Å². The molecule has 0 aromatic heterocycles. The maximum absolute atomic E-state index is 12.3. The van der Waals surface area contributed by atoms with Crippen LogP contribution in [-0.2, 0) is 9.53 Å². The van der Waals surface area contributed by atoms with E-state index in [1.54, 1.807) is 0 Å². The second kappa shape index (κ2) is 24.2. The van der Waals surface area contributed by atoms with Crippen LogP contribution >= 0.6 is 0 Å². The Labute approximate surface area is 215 Å². The van der Waals surface area contributed by atoms with E-state index in [0.29, 0.717) is 18.9 Å². The van der Waals surface area contributed by atoms with Crippen LogP contribution in [-0.4, -0.2) is 12.6 Å². The number of hydrogen-bond donors (Lipinski definition) is 0. The van der Waals surface area contributed by atoms with Crippen molar-refractivity contribution >= 4 is 5.97 Å². The molecule has 0 saturated heterocycles. The van der Waals surface area contributed by atoms with Crippen molar-refractivity contribution in [2.24, 2.45) is 23.7 Å². The van der Waals surface area contributed by atoms with Crippen molar-refractivity contribution < 1.29 is 9.53 Å². The van der Waals surface area contributed by atoms with Gasteiger partial charge in [0.2, 0.25) is 0 Å². The van der Waals surface area contributed by atoms with Gasteiger partial charge in [0.1, 0.15) is 0 Å². The molecule has 2 nitrogen and oxygen atoms in total. The molecule has 204 valence electrons. The smallest absolute Gasteiger partial charge is 0.305 e. The van der Waals surface area contributed by atoms with E-state index in [2.05, 4.69) is 41.5 Å². The molecule has 0 aliphatic heterocycles. The van der Waals surface area contributed by atoms with E-state index < -0.39 is 0 Å². The van der Waals surface area contributed by atoms with Crippen molar-refractivity contribution in [1.82, 2.24) is 0 Å². The van der Waals surface area contributed by atoms with E-state index in [0.717, 1.165) is 30.6 Å². The molecule has 0 heterocycles. The first-order chi connectivity index (χ1) is 16.3. The van der Waals surface area contributed by atoms with Crippen molar-refractivity contribution in [3.63, 3.8) is 0 Å². The molecule has 34 heavy (non-hydrogen) atoms. The Morgan fingerprint density at radius 1 is 0.471 bits per heavy atom. The Bertz CT molecular complexity index is 427. The quantitative estimate of drug-likeness (QED) is 0.0959. The second-order valence-electron chi connectivity index (χ2n) is 12.3. The molecule has 0 aromatic rings. The maximum atomic E-state index is 12.3. The minimum Gasteiger partial charge on any atom is -0.466 e. The highest BCUT2D eigenvalue weighted by Crippen LogP contribution is 2.24. The summed E-state index contributed by atoms with van der Waals surface area (Å²) in [7, 11) is 0. The van der Waals surface area contributed by atoms with Gasteiger partial charge in [-0.2, -0.15) is 0 Å². The van der Waals surface area contributed by atoms with Crippen LogP contribution in [0.15, 0.2) is 0 Å². The first-order valence-electron chi connectivity index (χ1n) is 15.5. The number of hydrogen-bond acceptors (Lipinski definition) is 2. The molecule has 0 aromatic carbocycles. The molecule has 0 radical (unpaired) electrons. The molecule has 0 N–H and O–H groups in total. The number of rotatable bonds is 25. The largest absolute Gasteiger partial charge is 0.466 e. The maximum Gasteiger partial charge on any atom is 0.305 e. The van der Waals surface area contributed by atoms with Crippen molar-refractivity contribution in [3.8, 4) is 0 Å². The summed E-state index contributed by atoms with van der Waals surface area (Å²) < 4.78 is 5.53. The molecule has 1 atom stereocenters. The van der Waals surface area contributed by atoms with Gasteiger partial charge in [0.25, 0.3) is 0 Å². The lowest BCUT2D eigenvalue weighted by Crippen LogP contribution is -2.10. The predicted molar refractivity (Wildman–Crippen MR) is 151 cm³/mol. The Kier molecular flexibility index (Phi) is 23.8. The number of unbranched alkanes of at least 4 members (excludes halogenated alkanes) is 10. The Hall–Kier alpha value is -0.530. The van der Waals surface area contributed by atoms with Gasteiger partial charge in [0.15, 0.2) is 0 Å². The zero-order chi connectivity index (χ0) is 25.4. The van der Waals surface area contributed by atoms with E-state index >= 15 is 0 Å². The summed E-state index contributed by atoms with van der Waals surface area (Å²) in [6, 6.07) is 0. The lowest BCUT2D eigenvalue weighted by Gasteiger charge is -2.17. The molecule has 0 fully saturated rings. The molecule has 0 spiro atoms. The van der Waals surface area contributed by atoms with Crippen LogP contribution in [0, 0.1) is 23.7 Å². The van der Waals surface area contributed by atoms with Crippen LogP contribution in [0.5, 0.6) is 0 Å². The third kappa shape index (κ3) is 26.1. The third-order valence-corrected chi connectivity index (χ3v) is 7.23. The molecular formula is C32H64O2. The molecule has 0 rings (SSSR count). The van der Waals surface area contributed by atoms with E-state index in [-0.39, 0.29) is 5.97 Å². The fourth-order valence-electron chi connectivity index (χ4n) is 4.88. The number of ether oxygens (including phenoxy) is 1. The van der Waals surface area contributed by atoms with Gasteiger partial charge in [-0.25, -0.2) is 0 Å². The van der Waals surface area contributed by atoms with Gasteiger partial charge in [-0.15, -0.1) is 0 Å². The summed E-state index contributed by atoms with van der Waals surface area (Å²) in [6.45, 7) is 14.5. The van der Waals surface area contributed by atoms with Gasteiger partial charge in [0.05, 0.1) is 6.61 Å². The van der Waals surface area contributed by atoms with E-state index in [1.165, 1.54) is 109 Å². The fourth-order valence-corrected chi connectivity index (χ4v) is 4.88. The summed E-state index contributed by atoms with van der Waals surface area (Å²) >= 11 is 0. The van der Waals surface area contributed by atoms with E-state index in [9.17, 15) is 4.79 Å². The molecule has 1 unspecified atom stereocenters. The second-order valence-corrected chi connectivity index (χ2v) is 12.3. The highest BCUT2D eigenvalue weighted by Gasteiger charge is 2.12. The monoisotopic (exact) mass is 480 g/mol. The fraction of sp³-hybridized carbons (Fsp3) is 0.969. The van der Waals surface area contributed by atoms with Crippen LogP contribution < -0.4 is 0 Å². The highest BCUT2D eigenvalue weighted by atomic mass is 16.5. The molecule has 2 heteroatoms. The Balaban J connectivity index is 4.02. The van der Waals surface area contributed by atoms with Gasteiger partial charge in [-0.3, -0.25) is 4.79 Å². The normalized spacial score (nSPS) is 12.7. The van der Waals surface area contributed by atoms with E-state index in [4.69, 9.17) is 4.74 Å². The Morgan fingerprint density at radius 3 is 1.26 bits per heavy atom. The SMILES string of the molecule is CC(C)CCCCCCCCCC(CCCCCC(C)C)CCC(=O)OCCCCCC(C)C. The number of carbonyl (C=O) groups excluding carboxylic acids is 1. The molecule has 0 bridgehead atoms. The number of esters is 1.